The molecule has 0 radical (unpaired) electrons. The molecule has 0 bridgehead atoms. The molecule has 2 heterocycles. The van der Waals surface area contributed by atoms with Crippen LogP contribution in [0.5, 0.6) is 17.2 Å². The van der Waals surface area contributed by atoms with E-state index in [4.69, 9.17) is 15.2 Å². The van der Waals surface area contributed by atoms with Crippen molar-refractivity contribution in [3.8, 4) is 17.2 Å². The summed E-state index contributed by atoms with van der Waals surface area (Å²) in [6.07, 6.45) is 1.25. The van der Waals surface area contributed by atoms with Crippen molar-refractivity contribution in [3.63, 3.8) is 0 Å². The third kappa shape index (κ3) is 1.78. The second-order valence-electron chi connectivity index (χ2n) is 3.92. The Bertz CT molecular complexity index is 589. The lowest BCUT2D eigenvalue weighted by atomic mass is 10.2. The summed E-state index contributed by atoms with van der Waals surface area (Å²) >= 11 is 0. The van der Waals surface area contributed by atoms with Crippen LogP contribution in [0.1, 0.15) is 11.8 Å². The van der Waals surface area contributed by atoms with Gasteiger partial charge in [0.2, 0.25) is 0 Å². The summed E-state index contributed by atoms with van der Waals surface area (Å²) in [7, 11) is 0. The van der Waals surface area contributed by atoms with E-state index in [0.29, 0.717) is 22.9 Å². The molecule has 4 nitrogen and oxygen atoms in total. The lowest BCUT2D eigenvalue weighted by Gasteiger charge is -2.14. The predicted molar refractivity (Wildman–Crippen MR) is 63.1 cm³/mol. The average molecular weight is 246 g/mol. The highest BCUT2D eigenvalue weighted by Crippen LogP contribution is 2.40. The molecule has 1 aromatic carbocycles. The molecule has 1 aliphatic heterocycles. The Hall–Kier alpha value is -2.14. The van der Waals surface area contributed by atoms with Crippen molar-refractivity contribution >= 4 is 0 Å². The maximum Gasteiger partial charge on any atom is 0.172 e. The molecule has 92 valence electrons. The van der Waals surface area contributed by atoms with Crippen LogP contribution in [-0.2, 0) is 0 Å². The number of nitrogens with two attached hydrogens (primary N) is 1. The maximum atomic E-state index is 13.2. The minimum absolute atomic E-state index is 0.268. The van der Waals surface area contributed by atoms with E-state index in [2.05, 4.69) is 4.98 Å². The molecule has 0 aliphatic carbocycles. The molecule has 2 aromatic rings. The fourth-order valence-corrected chi connectivity index (χ4v) is 1.88. The third-order valence-corrected chi connectivity index (χ3v) is 2.71. The van der Waals surface area contributed by atoms with Crippen LogP contribution in [0.4, 0.5) is 4.39 Å². The van der Waals surface area contributed by atoms with Gasteiger partial charge in [-0.1, -0.05) is 0 Å². The molecule has 0 fully saturated rings. The summed E-state index contributed by atoms with van der Waals surface area (Å²) < 4.78 is 24.5. The van der Waals surface area contributed by atoms with Crippen molar-refractivity contribution in [3.05, 3.63) is 48.0 Å². The number of benzene rings is 1. The van der Waals surface area contributed by atoms with Crippen LogP contribution in [-0.4, -0.2) is 11.5 Å². The van der Waals surface area contributed by atoms with Gasteiger partial charge in [-0.05, 0) is 24.3 Å². The quantitative estimate of drug-likeness (QED) is 0.839. The second kappa shape index (κ2) is 4.27. The number of pyridine rings is 1. The fourth-order valence-electron chi connectivity index (χ4n) is 1.88. The van der Waals surface area contributed by atoms with Crippen LogP contribution in [0.15, 0.2) is 36.5 Å². The van der Waals surface area contributed by atoms with E-state index >= 15 is 0 Å². The van der Waals surface area contributed by atoms with Crippen molar-refractivity contribution < 1.29 is 13.9 Å². The molecule has 0 unspecified atom stereocenters. The van der Waals surface area contributed by atoms with Gasteiger partial charge in [0.1, 0.15) is 11.5 Å². The zero-order chi connectivity index (χ0) is 12.5. The Morgan fingerprint density at radius 3 is 2.94 bits per heavy atom. The second-order valence-corrected chi connectivity index (χ2v) is 3.92. The third-order valence-electron chi connectivity index (χ3n) is 2.71. The largest absolute Gasteiger partial charge is 0.479 e. The SMILES string of the molecule is NC[C@H]1Oc2ccc(F)cc2Oc2cccnc21. The number of fused-ring (bicyclic) bond motifs is 2. The van der Waals surface area contributed by atoms with Gasteiger partial charge < -0.3 is 15.2 Å². The number of rotatable bonds is 1. The first kappa shape index (κ1) is 11.0. The van der Waals surface area contributed by atoms with Gasteiger partial charge in [-0.25, -0.2) is 4.39 Å². The topological polar surface area (TPSA) is 57.4 Å². The van der Waals surface area contributed by atoms with Gasteiger partial charge in [0, 0.05) is 18.8 Å². The van der Waals surface area contributed by atoms with Crippen molar-refractivity contribution in [2.45, 2.75) is 6.10 Å². The molecule has 5 heteroatoms. The van der Waals surface area contributed by atoms with Crippen LogP contribution in [0, 0.1) is 5.82 Å². The van der Waals surface area contributed by atoms with E-state index in [-0.39, 0.29) is 12.4 Å². The molecule has 0 saturated heterocycles. The standard InChI is InChI=1S/C13H11FN2O2/c14-8-3-4-9-11(6-8)18-10-2-1-5-16-13(10)12(7-15)17-9/h1-6,12H,7,15H2/t12-/m1/s1. The zero-order valence-corrected chi connectivity index (χ0v) is 9.47. The average Bonchev–Trinajstić information content (AvgIpc) is 2.54. The van der Waals surface area contributed by atoms with Crippen LogP contribution in [0.3, 0.4) is 0 Å². The van der Waals surface area contributed by atoms with Crippen LogP contribution in [0.2, 0.25) is 0 Å². The summed E-state index contributed by atoms with van der Waals surface area (Å²) in [4.78, 5) is 4.21. The Balaban J connectivity index is 2.13. The van der Waals surface area contributed by atoms with Crippen molar-refractivity contribution in [2.24, 2.45) is 5.73 Å². The van der Waals surface area contributed by atoms with Gasteiger partial charge in [-0.15, -0.1) is 0 Å². The lowest BCUT2D eigenvalue weighted by Crippen LogP contribution is -2.18. The molecule has 1 aliphatic rings. The number of nitrogens with zero attached hydrogens (tertiary/aromatic N) is 1. The smallest absolute Gasteiger partial charge is 0.172 e. The van der Waals surface area contributed by atoms with E-state index in [1.807, 2.05) is 0 Å². The number of hydrogen-bond acceptors (Lipinski definition) is 4. The van der Waals surface area contributed by atoms with E-state index in [9.17, 15) is 4.39 Å². The van der Waals surface area contributed by atoms with Crippen molar-refractivity contribution in [1.82, 2.24) is 4.98 Å². The summed E-state index contributed by atoms with van der Waals surface area (Å²) in [6, 6.07) is 7.63. The summed E-state index contributed by atoms with van der Waals surface area (Å²) in [6.45, 7) is 0.268. The molecular weight excluding hydrogens is 235 g/mol. The monoisotopic (exact) mass is 246 g/mol. The highest BCUT2D eigenvalue weighted by atomic mass is 19.1. The molecule has 18 heavy (non-hydrogen) atoms. The predicted octanol–water partition coefficient (Wildman–Crippen LogP) is 2.41. The Morgan fingerprint density at radius 1 is 1.22 bits per heavy atom. The minimum atomic E-state index is -0.395. The number of aromatic nitrogens is 1. The highest BCUT2D eigenvalue weighted by Gasteiger charge is 2.24. The number of halogens is 1. The molecule has 0 amide bonds. The van der Waals surface area contributed by atoms with Gasteiger partial charge >= 0.3 is 0 Å². The summed E-state index contributed by atoms with van der Waals surface area (Å²) in [5.74, 6) is 0.955. The number of hydrogen-bond donors (Lipinski definition) is 1. The van der Waals surface area contributed by atoms with Crippen LogP contribution >= 0.6 is 0 Å². The van der Waals surface area contributed by atoms with E-state index in [1.54, 1.807) is 18.3 Å². The van der Waals surface area contributed by atoms with Crippen LogP contribution in [0.25, 0.3) is 0 Å². The first-order valence-corrected chi connectivity index (χ1v) is 5.57. The molecule has 1 atom stereocenters. The molecule has 2 N–H and O–H groups in total. The Kier molecular flexibility index (Phi) is 2.60. The zero-order valence-electron chi connectivity index (χ0n) is 9.47. The number of ether oxygens (including phenoxy) is 2. The van der Waals surface area contributed by atoms with Crippen LogP contribution < -0.4 is 15.2 Å². The Labute approximate surface area is 103 Å². The van der Waals surface area contributed by atoms with E-state index in [1.165, 1.54) is 18.2 Å². The van der Waals surface area contributed by atoms with E-state index in [0.717, 1.165) is 0 Å². The summed E-state index contributed by atoms with van der Waals surface area (Å²) in [5.41, 5.74) is 6.30. The molecule has 3 rings (SSSR count). The van der Waals surface area contributed by atoms with Gasteiger partial charge in [0.25, 0.3) is 0 Å². The van der Waals surface area contributed by atoms with E-state index < -0.39 is 6.10 Å². The van der Waals surface area contributed by atoms with Gasteiger partial charge in [0.05, 0.1) is 0 Å². The van der Waals surface area contributed by atoms with Gasteiger partial charge in [-0.3, -0.25) is 4.98 Å². The lowest BCUT2D eigenvalue weighted by molar-refractivity contribution is 0.211. The maximum absolute atomic E-state index is 13.2. The molecular formula is C13H11FN2O2. The van der Waals surface area contributed by atoms with Crippen molar-refractivity contribution in [2.75, 3.05) is 6.54 Å². The van der Waals surface area contributed by atoms with Gasteiger partial charge in [0.15, 0.2) is 23.4 Å². The van der Waals surface area contributed by atoms with Crippen molar-refractivity contribution in [1.29, 1.82) is 0 Å². The highest BCUT2D eigenvalue weighted by molar-refractivity contribution is 5.47. The Morgan fingerprint density at radius 2 is 2.11 bits per heavy atom. The normalized spacial score (nSPS) is 16.9. The summed E-state index contributed by atoms with van der Waals surface area (Å²) in [5, 5.41) is 0. The molecule has 1 aromatic heterocycles. The minimum Gasteiger partial charge on any atom is -0.479 e. The first-order valence-electron chi connectivity index (χ1n) is 5.57. The molecule has 0 spiro atoms. The fraction of sp³-hybridized carbons (Fsp3) is 0.154. The first-order chi connectivity index (χ1) is 8.78. The van der Waals surface area contributed by atoms with Gasteiger partial charge in [-0.2, -0.15) is 0 Å². The molecule has 0 saturated carbocycles.